The molecule has 0 amide bonds. The third-order valence-electron chi connectivity index (χ3n) is 4.30. The number of ether oxygens (including phenoxy) is 1. The Hall–Kier alpha value is -2.65. The Kier molecular flexibility index (Phi) is 5.68. The van der Waals surface area contributed by atoms with Gasteiger partial charge in [-0.25, -0.2) is 0 Å². The predicted octanol–water partition coefficient (Wildman–Crippen LogP) is 5.36. The first-order valence-electron chi connectivity index (χ1n) is 9.21. The van der Waals surface area contributed by atoms with Crippen LogP contribution in [0.5, 0.6) is 5.75 Å². The third-order valence-corrected chi connectivity index (χ3v) is 6.20. The van der Waals surface area contributed by atoms with E-state index in [1.807, 2.05) is 67.1 Å². The molecule has 3 aromatic heterocycles. The van der Waals surface area contributed by atoms with Crippen molar-refractivity contribution in [3.05, 3.63) is 53.5 Å². The molecule has 4 aromatic rings. The topological polar surface area (TPSA) is 78.9 Å². The lowest BCUT2D eigenvalue weighted by Crippen LogP contribution is -2.02. The minimum absolute atomic E-state index is 0.0798. The zero-order valence-corrected chi connectivity index (χ0v) is 18.2. The van der Waals surface area contributed by atoms with Crippen LogP contribution in [0.1, 0.15) is 43.7 Å². The second-order valence-electron chi connectivity index (χ2n) is 6.70. The lowest BCUT2D eigenvalue weighted by atomic mass is 10.2. The molecular formula is C20H21N5O2S2. The number of hydrogen-bond donors (Lipinski definition) is 0. The van der Waals surface area contributed by atoms with Gasteiger partial charge in [-0.3, -0.25) is 4.57 Å². The number of nitrogens with zero attached hydrogens (tertiary/aromatic N) is 5. The Morgan fingerprint density at radius 2 is 1.93 bits per heavy atom. The van der Waals surface area contributed by atoms with Crippen LogP contribution < -0.4 is 4.74 Å². The molecule has 0 saturated carbocycles. The van der Waals surface area contributed by atoms with E-state index in [9.17, 15) is 0 Å². The highest BCUT2D eigenvalue weighted by Crippen LogP contribution is 2.39. The van der Waals surface area contributed by atoms with Gasteiger partial charge in [-0.1, -0.05) is 49.0 Å². The molecule has 3 heterocycles. The maximum Gasteiger partial charge on any atom is 0.239 e. The van der Waals surface area contributed by atoms with Crippen molar-refractivity contribution in [1.29, 1.82) is 0 Å². The summed E-state index contributed by atoms with van der Waals surface area (Å²) in [6.45, 7) is 6.10. The van der Waals surface area contributed by atoms with Gasteiger partial charge in [-0.2, -0.15) is 4.98 Å². The fourth-order valence-corrected chi connectivity index (χ4v) is 4.39. The minimum atomic E-state index is -0.0798. The van der Waals surface area contributed by atoms with E-state index in [1.54, 1.807) is 18.4 Å². The molecule has 0 fully saturated rings. The highest BCUT2D eigenvalue weighted by molar-refractivity contribution is 7.99. The molecule has 0 saturated heterocycles. The van der Waals surface area contributed by atoms with Gasteiger partial charge in [0, 0.05) is 5.92 Å². The van der Waals surface area contributed by atoms with Gasteiger partial charge in [0.1, 0.15) is 5.75 Å². The molecule has 0 aliphatic heterocycles. The molecule has 0 aliphatic carbocycles. The van der Waals surface area contributed by atoms with Gasteiger partial charge in [-0.05, 0) is 30.5 Å². The smallest absolute Gasteiger partial charge is 0.239 e. The number of benzene rings is 1. The molecule has 0 spiro atoms. The van der Waals surface area contributed by atoms with Crippen molar-refractivity contribution < 1.29 is 9.26 Å². The summed E-state index contributed by atoms with van der Waals surface area (Å²) in [4.78, 5) is 5.55. The Bertz CT molecular complexity index is 1090. The Labute approximate surface area is 177 Å². The summed E-state index contributed by atoms with van der Waals surface area (Å²) < 4.78 is 13.1. The van der Waals surface area contributed by atoms with Crippen LogP contribution in [-0.2, 0) is 0 Å². The third kappa shape index (κ3) is 3.92. The van der Waals surface area contributed by atoms with E-state index in [4.69, 9.17) is 9.26 Å². The number of rotatable bonds is 7. The van der Waals surface area contributed by atoms with Gasteiger partial charge < -0.3 is 9.26 Å². The summed E-state index contributed by atoms with van der Waals surface area (Å²) in [6, 6.07) is 11.9. The summed E-state index contributed by atoms with van der Waals surface area (Å²) >= 11 is 3.14. The fourth-order valence-electron chi connectivity index (χ4n) is 2.80. The summed E-state index contributed by atoms with van der Waals surface area (Å²) in [5.74, 6) is 3.02. The zero-order valence-electron chi connectivity index (χ0n) is 16.6. The van der Waals surface area contributed by atoms with Crippen LogP contribution in [-0.4, -0.2) is 32.0 Å². The second kappa shape index (κ2) is 8.38. The largest absolute Gasteiger partial charge is 0.495 e. The summed E-state index contributed by atoms with van der Waals surface area (Å²) in [5.41, 5.74) is 0.881. The molecule has 0 unspecified atom stereocenters. The minimum Gasteiger partial charge on any atom is -0.495 e. The maximum absolute atomic E-state index is 5.59. The van der Waals surface area contributed by atoms with E-state index in [0.29, 0.717) is 11.7 Å². The van der Waals surface area contributed by atoms with Gasteiger partial charge in [0.2, 0.25) is 5.89 Å². The van der Waals surface area contributed by atoms with Gasteiger partial charge in [0.15, 0.2) is 16.8 Å². The number of hydrogen-bond acceptors (Lipinski definition) is 8. The van der Waals surface area contributed by atoms with E-state index < -0.39 is 0 Å². The van der Waals surface area contributed by atoms with Gasteiger partial charge in [0.05, 0.1) is 22.9 Å². The first-order valence-corrected chi connectivity index (χ1v) is 11.0. The normalized spacial score (nSPS) is 12.4. The highest BCUT2D eigenvalue weighted by Gasteiger charge is 2.24. The van der Waals surface area contributed by atoms with Crippen molar-refractivity contribution in [2.75, 3.05) is 7.11 Å². The first-order chi connectivity index (χ1) is 14.1. The van der Waals surface area contributed by atoms with Crippen LogP contribution >= 0.6 is 23.1 Å². The number of methoxy groups -OCH3 is 1. The number of para-hydroxylation sites is 2. The van der Waals surface area contributed by atoms with E-state index in [0.717, 1.165) is 27.3 Å². The lowest BCUT2D eigenvalue weighted by Gasteiger charge is -2.14. The molecule has 4 rings (SSSR count). The van der Waals surface area contributed by atoms with Gasteiger partial charge >= 0.3 is 0 Å². The van der Waals surface area contributed by atoms with Crippen molar-refractivity contribution in [3.63, 3.8) is 0 Å². The molecular weight excluding hydrogens is 406 g/mol. The summed E-state index contributed by atoms with van der Waals surface area (Å²) in [7, 11) is 1.66. The van der Waals surface area contributed by atoms with Crippen molar-refractivity contribution >= 4 is 23.1 Å². The molecule has 0 aliphatic rings. The second-order valence-corrected chi connectivity index (χ2v) is 8.95. The molecule has 1 atom stereocenters. The summed E-state index contributed by atoms with van der Waals surface area (Å²) in [5, 5.41) is 15.7. The first kappa shape index (κ1) is 19.7. The molecule has 0 N–H and O–H groups in total. The molecule has 0 radical (unpaired) electrons. The quantitative estimate of drug-likeness (QED) is 0.367. The number of thiophene rings is 1. The molecule has 29 heavy (non-hydrogen) atoms. The fraction of sp³-hybridized carbons (Fsp3) is 0.300. The standard InChI is InChI=1S/C20H21N5O2S2/c1-12(2)17-21-19(27-24-17)13(3)29-20-23-22-18(16-10-7-11-28-16)25(20)14-8-5-6-9-15(14)26-4/h5-13H,1-4H3/t13-/m0/s1. The lowest BCUT2D eigenvalue weighted by molar-refractivity contribution is 0.373. The SMILES string of the molecule is COc1ccccc1-n1c(S[C@@H](C)c2nc(C(C)C)no2)nnc1-c1cccs1. The van der Waals surface area contributed by atoms with Crippen molar-refractivity contribution in [1.82, 2.24) is 24.9 Å². The average molecular weight is 428 g/mol. The van der Waals surface area contributed by atoms with Crippen molar-refractivity contribution in [3.8, 4) is 22.1 Å². The van der Waals surface area contributed by atoms with Crippen LogP contribution in [0, 0.1) is 0 Å². The zero-order chi connectivity index (χ0) is 20.4. The monoisotopic (exact) mass is 427 g/mol. The predicted molar refractivity (Wildman–Crippen MR) is 114 cm³/mol. The molecule has 0 bridgehead atoms. The van der Waals surface area contributed by atoms with Crippen molar-refractivity contribution in [2.24, 2.45) is 0 Å². The Balaban J connectivity index is 1.75. The van der Waals surface area contributed by atoms with E-state index in [2.05, 4.69) is 20.3 Å². The van der Waals surface area contributed by atoms with Crippen LogP contribution in [0.2, 0.25) is 0 Å². The van der Waals surface area contributed by atoms with Crippen LogP contribution in [0.15, 0.2) is 51.5 Å². The van der Waals surface area contributed by atoms with E-state index in [1.165, 1.54) is 11.8 Å². The van der Waals surface area contributed by atoms with Gasteiger partial charge in [-0.15, -0.1) is 21.5 Å². The number of thioether (sulfide) groups is 1. The molecule has 150 valence electrons. The Morgan fingerprint density at radius 1 is 1.10 bits per heavy atom. The van der Waals surface area contributed by atoms with Crippen LogP contribution in [0.25, 0.3) is 16.4 Å². The highest BCUT2D eigenvalue weighted by atomic mass is 32.2. The Morgan fingerprint density at radius 3 is 2.62 bits per heavy atom. The van der Waals surface area contributed by atoms with Crippen molar-refractivity contribution in [2.45, 2.75) is 37.1 Å². The molecule has 1 aromatic carbocycles. The average Bonchev–Trinajstić information content (AvgIpc) is 3.47. The van der Waals surface area contributed by atoms with Crippen LogP contribution in [0.4, 0.5) is 0 Å². The maximum atomic E-state index is 5.59. The molecule has 9 heteroatoms. The molecule has 7 nitrogen and oxygen atoms in total. The summed E-state index contributed by atoms with van der Waals surface area (Å²) in [6.07, 6.45) is 0. The van der Waals surface area contributed by atoms with E-state index >= 15 is 0 Å². The number of aromatic nitrogens is 5. The van der Waals surface area contributed by atoms with E-state index in [-0.39, 0.29) is 11.2 Å². The van der Waals surface area contributed by atoms with Gasteiger partial charge in [0.25, 0.3) is 0 Å². The van der Waals surface area contributed by atoms with Crippen LogP contribution in [0.3, 0.4) is 0 Å².